The van der Waals surface area contributed by atoms with Gasteiger partial charge in [0.05, 0.1) is 13.7 Å². The molecule has 0 saturated carbocycles. The third-order valence-electron chi connectivity index (χ3n) is 6.99. The van der Waals surface area contributed by atoms with Crippen LogP contribution in [0.15, 0.2) is 12.1 Å². The molecule has 3 fully saturated rings. The number of hydrogen-bond donors (Lipinski definition) is 2. The fourth-order valence-corrected chi connectivity index (χ4v) is 5.16. The molecule has 3 aliphatic heterocycles. The first-order valence-corrected chi connectivity index (χ1v) is 11.7. The highest BCUT2D eigenvalue weighted by atomic mass is 19.3. The van der Waals surface area contributed by atoms with Crippen molar-refractivity contribution in [2.24, 2.45) is 5.92 Å². The molecule has 2 N–H and O–H groups in total. The number of hydrogen-bond acceptors (Lipinski definition) is 6. The van der Waals surface area contributed by atoms with E-state index in [-0.39, 0.29) is 37.6 Å². The van der Waals surface area contributed by atoms with E-state index in [1.54, 1.807) is 16.7 Å². The zero-order valence-electron chi connectivity index (χ0n) is 20.1. The monoisotopic (exact) mass is 515 g/mol. The summed E-state index contributed by atoms with van der Waals surface area (Å²) in [5, 5.41) is 4.73. The van der Waals surface area contributed by atoms with E-state index in [0.29, 0.717) is 31.9 Å². The van der Waals surface area contributed by atoms with Crippen LogP contribution < -0.4 is 20.3 Å². The van der Waals surface area contributed by atoms with Gasteiger partial charge in [0.2, 0.25) is 11.7 Å². The molecule has 4 amide bonds. The number of urea groups is 1. The van der Waals surface area contributed by atoms with Crippen LogP contribution in [0.4, 0.5) is 28.0 Å². The molecule has 4 rings (SSSR count). The van der Waals surface area contributed by atoms with Gasteiger partial charge < -0.3 is 19.9 Å². The van der Waals surface area contributed by atoms with E-state index in [1.165, 1.54) is 18.1 Å². The van der Waals surface area contributed by atoms with Gasteiger partial charge >= 0.3 is 6.03 Å². The molecule has 0 unspecified atom stereocenters. The number of anilines is 1. The summed E-state index contributed by atoms with van der Waals surface area (Å²) in [7, 11) is 1.24. The molecule has 1 aromatic carbocycles. The van der Waals surface area contributed by atoms with E-state index in [2.05, 4.69) is 10.6 Å². The normalized spacial score (nSPS) is 25.1. The van der Waals surface area contributed by atoms with Crippen molar-refractivity contribution < 1.29 is 36.7 Å². The second-order valence-electron chi connectivity index (χ2n) is 9.67. The van der Waals surface area contributed by atoms with Gasteiger partial charge in [-0.25, -0.2) is 18.0 Å². The van der Waals surface area contributed by atoms with E-state index in [1.807, 2.05) is 0 Å². The van der Waals surface area contributed by atoms with Crippen LogP contribution in [0.5, 0.6) is 5.75 Å². The number of nitrogens with zero attached hydrogens (tertiary/aromatic N) is 3. The Hall–Kier alpha value is -3.09. The maximum absolute atomic E-state index is 13.9. The van der Waals surface area contributed by atoms with Crippen molar-refractivity contribution in [1.82, 2.24) is 20.4 Å². The first kappa shape index (κ1) is 26.0. The molecule has 0 bridgehead atoms. The Morgan fingerprint density at radius 3 is 2.39 bits per heavy atom. The molecule has 3 heterocycles. The fourth-order valence-electron chi connectivity index (χ4n) is 5.16. The lowest BCUT2D eigenvalue weighted by atomic mass is 9.86. The van der Waals surface area contributed by atoms with Crippen molar-refractivity contribution in [2.45, 2.75) is 31.2 Å². The molecule has 2 atom stereocenters. The Bertz CT molecular complexity index is 1050. The van der Waals surface area contributed by atoms with Crippen molar-refractivity contribution in [2.75, 3.05) is 57.8 Å². The van der Waals surface area contributed by atoms with Gasteiger partial charge in [-0.3, -0.25) is 19.8 Å². The van der Waals surface area contributed by atoms with E-state index < -0.39 is 47.5 Å². The molecule has 13 heteroatoms. The van der Waals surface area contributed by atoms with Crippen LogP contribution in [-0.2, 0) is 9.59 Å². The summed E-state index contributed by atoms with van der Waals surface area (Å²) in [6.07, 6.45) is -0.382. The number of benzene rings is 1. The van der Waals surface area contributed by atoms with Gasteiger partial charge in [0.15, 0.2) is 11.6 Å². The van der Waals surface area contributed by atoms with E-state index in [9.17, 15) is 31.9 Å². The summed E-state index contributed by atoms with van der Waals surface area (Å²) >= 11 is 0. The maximum atomic E-state index is 13.9. The zero-order valence-corrected chi connectivity index (χ0v) is 20.1. The predicted molar refractivity (Wildman–Crippen MR) is 121 cm³/mol. The molecular weight excluding hydrogens is 486 g/mol. The van der Waals surface area contributed by atoms with Crippen LogP contribution in [0.25, 0.3) is 0 Å². The lowest BCUT2D eigenvalue weighted by Gasteiger charge is -2.38. The van der Waals surface area contributed by atoms with Crippen molar-refractivity contribution in [3.8, 4) is 5.75 Å². The number of methoxy groups -OCH3 is 1. The summed E-state index contributed by atoms with van der Waals surface area (Å²) in [5.74, 6) is -6.76. The third kappa shape index (κ3) is 5.20. The SMILES string of the molecule is COc1cc(N2CCN(C(=O)[C@@H](C)C[C@@]3(CN4CCC(F)(F)C4)NC(=O)NC3=O)CC2)cc(F)c1F. The molecule has 3 saturated heterocycles. The Labute approximate surface area is 205 Å². The van der Waals surface area contributed by atoms with Crippen molar-refractivity contribution in [3.63, 3.8) is 0 Å². The second-order valence-corrected chi connectivity index (χ2v) is 9.67. The number of ether oxygens (including phenoxy) is 1. The summed E-state index contributed by atoms with van der Waals surface area (Å²) in [6.45, 7) is 2.39. The highest BCUT2D eigenvalue weighted by Gasteiger charge is 2.51. The second kappa shape index (κ2) is 9.75. The molecule has 0 aromatic heterocycles. The number of likely N-dealkylation sites (tertiary alicyclic amines) is 1. The van der Waals surface area contributed by atoms with Gasteiger partial charge in [0.25, 0.3) is 11.8 Å². The number of imide groups is 1. The van der Waals surface area contributed by atoms with Gasteiger partial charge in [-0.2, -0.15) is 4.39 Å². The van der Waals surface area contributed by atoms with E-state index in [0.717, 1.165) is 6.07 Å². The highest BCUT2D eigenvalue weighted by Crippen LogP contribution is 2.32. The molecular formula is C23H29F4N5O4. The third-order valence-corrected chi connectivity index (χ3v) is 6.99. The Kier molecular flexibility index (Phi) is 7.04. The topological polar surface area (TPSA) is 94.2 Å². The lowest BCUT2D eigenvalue weighted by Crippen LogP contribution is -2.57. The largest absolute Gasteiger partial charge is 0.493 e. The highest BCUT2D eigenvalue weighted by molar-refractivity contribution is 6.07. The molecule has 0 aliphatic carbocycles. The van der Waals surface area contributed by atoms with Crippen LogP contribution in [-0.4, -0.2) is 92.0 Å². The Morgan fingerprint density at radius 2 is 1.83 bits per heavy atom. The summed E-state index contributed by atoms with van der Waals surface area (Å²) in [5.41, 5.74) is -1.06. The zero-order chi connectivity index (χ0) is 26.3. The number of halogens is 4. The van der Waals surface area contributed by atoms with Crippen molar-refractivity contribution in [3.05, 3.63) is 23.8 Å². The quantitative estimate of drug-likeness (QED) is 0.423. The summed E-state index contributed by atoms with van der Waals surface area (Å²) in [4.78, 5) is 42.6. The number of rotatable bonds is 7. The number of alkyl halides is 2. The minimum Gasteiger partial charge on any atom is -0.493 e. The van der Waals surface area contributed by atoms with Crippen LogP contribution in [0, 0.1) is 17.6 Å². The first-order chi connectivity index (χ1) is 16.9. The number of nitrogens with one attached hydrogen (secondary N) is 2. The molecule has 9 nitrogen and oxygen atoms in total. The summed E-state index contributed by atoms with van der Waals surface area (Å²) in [6, 6.07) is 1.75. The van der Waals surface area contributed by atoms with Gasteiger partial charge in [-0.1, -0.05) is 6.92 Å². The van der Waals surface area contributed by atoms with Gasteiger partial charge in [-0.05, 0) is 6.42 Å². The first-order valence-electron chi connectivity index (χ1n) is 11.7. The van der Waals surface area contributed by atoms with Crippen LogP contribution in [0.3, 0.4) is 0 Å². The molecule has 0 spiro atoms. The minimum absolute atomic E-state index is 0.0495. The average molecular weight is 516 g/mol. The minimum atomic E-state index is -2.86. The van der Waals surface area contributed by atoms with Crippen LogP contribution >= 0.6 is 0 Å². The standard InChI is InChI=1S/C23H29F4N5O4/c1-14(11-22(20(34)28-21(35)29-22)12-30-4-3-23(26,27)13-30)19(33)32-7-5-31(6-8-32)15-9-16(24)18(25)17(10-15)36-2/h9-10,14H,3-8,11-13H2,1-2H3,(H2,28,29,34,35)/t14-,22-/m0/s1. The number of carbonyl (C=O) groups is 3. The van der Waals surface area contributed by atoms with E-state index >= 15 is 0 Å². The number of piperazine rings is 1. The van der Waals surface area contributed by atoms with Crippen molar-refractivity contribution >= 4 is 23.5 Å². The molecule has 36 heavy (non-hydrogen) atoms. The maximum Gasteiger partial charge on any atom is 0.322 e. The van der Waals surface area contributed by atoms with Gasteiger partial charge in [0, 0.05) is 69.4 Å². The molecule has 3 aliphatic rings. The Balaban J connectivity index is 1.40. The predicted octanol–water partition coefficient (Wildman–Crippen LogP) is 1.57. The molecule has 0 radical (unpaired) electrons. The van der Waals surface area contributed by atoms with Crippen molar-refractivity contribution in [1.29, 1.82) is 0 Å². The molecule has 1 aromatic rings. The van der Waals surface area contributed by atoms with E-state index in [4.69, 9.17) is 4.74 Å². The summed E-state index contributed by atoms with van der Waals surface area (Å²) < 4.78 is 60.0. The van der Waals surface area contributed by atoms with Crippen LogP contribution in [0.2, 0.25) is 0 Å². The van der Waals surface area contributed by atoms with Crippen LogP contribution in [0.1, 0.15) is 19.8 Å². The lowest BCUT2D eigenvalue weighted by molar-refractivity contribution is -0.137. The molecule has 198 valence electrons. The Morgan fingerprint density at radius 1 is 1.14 bits per heavy atom. The smallest absolute Gasteiger partial charge is 0.322 e. The average Bonchev–Trinajstić information content (AvgIpc) is 3.31. The number of carbonyl (C=O) groups excluding carboxylic acids is 3. The fraction of sp³-hybridized carbons (Fsp3) is 0.609. The van der Waals surface area contributed by atoms with Gasteiger partial charge in [-0.15, -0.1) is 0 Å². The van der Waals surface area contributed by atoms with Gasteiger partial charge in [0.1, 0.15) is 5.54 Å². The number of amides is 4.